The van der Waals surface area contributed by atoms with Crippen LogP contribution in [0.25, 0.3) is 0 Å². The smallest absolute Gasteiger partial charge is 0.0644 e. The molecule has 2 aromatic heterocycles. The van der Waals surface area contributed by atoms with E-state index in [1.54, 1.807) is 0 Å². The highest BCUT2D eigenvalue weighted by Crippen LogP contribution is 2.28. The lowest BCUT2D eigenvalue weighted by molar-refractivity contribution is 0.442. The van der Waals surface area contributed by atoms with Crippen LogP contribution in [0.5, 0.6) is 0 Å². The van der Waals surface area contributed by atoms with Gasteiger partial charge in [-0.25, -0.2) is 0 Å². The van der Waals surface area contributed by atoms with Crippen LogP contribution in [0.15, 0.2) is 17.5 Å². The van der Waals surface area contributed by atoms with Crippen LogP contribution in [0.3, 0.4) is 0 Å². The molecular weight excluding hydrogens is 266 g/mol. The summed E-state index contributed by atoms with van der Waals surface area (Å²) >= 11 is 1.84. The average Bonchev–Trinajstić information content (AvgIpc) is 2.99. The van der Waals surface area contributed by atoms with E-state index in [0.717, 1.165) is 5.69 Å². The first-order valence-electron chi connectivity index (χ1n) is 7.34. The lowest BCUT2D eigenvalue weighted by Crippen LogP contribution is -2.24. The second-order valence-corrected chi connectivity index (χ2v) is 6.43. The minimum atomic E-state index is 0.322. The van der Waals surface area contributed by atoms with Crippen LogP contribution in [0.1, 0.15) is 60.6 Å². The molecule has 0 aliphatic heterocycles. The van der Waals surface area contributed by atoms with E-state index in [0.29, 0.717) is 12.1 Å². The van der Waals surface area contributed by atoms with Gasteiger partial charge < -0.3 is 5.32 Å². The fraction of sp³-hybridized carbons (Fsp3) is 0.562. The molecule has 0 aliphatic rings. The molecule has 20 heavy (non-hydrogen) atoms. The first kappa shape index (κ1) is 15.3. The van der Waals surface area contributed by atoms with E-state index in [1.807, 2.05) is 23.1 Å². The molecule has 4 heteroatoms. The first-order chi connectivity index (χ1) is 9.54. The third-order valence-electron chi connectivity index (χ3n) is 3.91. The largest absolute Gasteiger partial charge is 0.302 e. The molecule has 0 saturated carbocycles. The zero-order valence-electron chi connectivity index (χ0n) is 13.1. The Bertz CT molecular complexity index is 542. The van der Waals surface area contributed by atoms with Crippen molar-refractivity contribution in [2.45, 2.75) is 52.6 Å². The molecule has 0 amide bonds. The lowest BCUT2D eigenvalue weighted by Gasteiger charge is -2.23. The van der Waals surface area contributed by atoms with E-state index in [1.165, 1.54) is 29.0 Å². The van der Waals surface area contributed by atoms with Crippen molar-refractivity contribution in [2.75, 3.05) is 0 Å². The molecule has 0 spiro atoms. The second-order valence-electron chi connectivity index (χ2n) is 5.45. The number of rotatable bonds is 6. The number of nitrogens with one attached hydrogen (secondary N) is 1. The maximum absolute atomic E-state index is 4.53. The number of aromatic nitrogens is 2. The normalized spacial score (nSPS) is 14.4. The van der Waals surface area contributed by atoms with Gasteiger partial charge in [0.2, 0.25) is 0 Å². The molecule has 2 rings (SSSR count). The van der Waals surface area contributed by atoms with E-state index in [2.05, 4.69) is 55.6 Å². The maximum atomic E-state index is 4.53. The standard InChI is InChI=1S/C16H25N3S/c1-6-8-14(15-9-7-10-20-15)17-11(2)16-12(3)18-19(5)13(16)4/h7,9-11,14,17H,6,8H2,1-5H3. The number of hydrogen-bond donors (Lipinski definition) is 1. The molecule has 0 aromatic carbocycles. The second kappa shape index (κ2) is 6.55. The Hall–Kier alpha value is -1.13. The molecule has 0 aliphatic carbocycles. The van der Waals surface area contributed by atoms with Crippen LogP contribution in [-0.2, 0) is 7.05 Å². The predicted octanol–water partition coefficient (Wildman–Crippen LogP) is 4.29. The van der Waals surface area contributed by atoms with E-state index >= 15 is 0 Å². The highest BCUT2D eigenvalue weighted by atomic mass is 32.1. The molecule has 0 radical (unpaired) electrons. The Kier molecular flexibility index (Phi) is 5.00. The van der Waals surface area contributed by atoms with Crippen molar-refractivity contribution in [3.05, 3.63) is 39.3 Å². The minimum Gasteiger partial charge on any atom is -0.302 e. The topological polar surface area (TPSA) is 29.9 Å². The summed E-state index contributed by atoms with van der Waals surface area (Å²) in [5.41, 5.74) is 3.72. The summed E-state index contributed by atoms with van der Waals surface area (Å²) in [6.07, 6.45) is 2.36. The number of thiophene rings is 1. The summed E-state index contributed by atoms with van der Waals surface area (Å²) in [6, 6.07) is 5.12. The molecule has 3 nitrogen and oxygen atoms in total. The van der Waals surface area contributed by atoms with Gasteiger partial charge in [-0.05, 0) is 38.6 Å². The first-order valence-corrected chi connectivity index (χ1v) is 8.22. The van der Waals surface area contributed by atoms with Gasteiger partial charge in [-0.3, -0.25) is 4.68 Å². The Morgan fingerprint density at radius 1 is 1.40 bits per heavy atom. The van der Waals surface area contributed by atoms with Crippen LogP contribution in [0.2, 0.25) is 0 Å². The fourth-order valence-electron chi connectivity index (χ4n) is 2.89. The number of hydrogen-bond acceptors (Lipinski definition) is 3. The zero-order chi connectivity index (χ0) is 14.7. The summed E-state index contributed by atoms with van der Waals surface area (Å²) in [5, 5.41) is 10.5. The van der Waals surface area contributed by atoms with Crippen molar-refractivity contribution in [3.63, 3.8) is 0 Å². The zero-order valence-corrected chi connectivity index (χ0v) is 13.9. The van der Waals surface area contributed by atoms with Gasteiger partial charge in [0.25, 0.3) is 0 Å². The third kappa shape index (κ3) is 3.13. The van der Waals surface area contributed by atoms with Gasteiger partial charge in [-0.1, -0.05) is 19.4 Å². The quantitative estimate of drug-likeness (QED) is 0.860. The van der Waals surface area contributed by atoms with Gasteiger partial charge in [0.05, 0.1) is 5.69 Å². The van der Waals surface area contributed by atoms with Gasteiger partial charge in [0.1, 0.15) is 0 Å². The molecular formula is C16H25N3S. The SMILES string of the molecule is CCCC(NC(C)c1c(C)nn(C)c1C)c1cccs1. The Morgan fingerprint density at radius 3 is 2.65 bits per heavy atom. The third-order valence-corrected chi connectivity index (χ3v) is 4.90. The monoisotopic (exact) mass is 291 g/mol. The van der Waals surface area contributed by atoms with Crippen molar-refractivity contribution >= 4 is 11.3 Å². The highest BCUT2D eigenvalue weighted by molar-refractivity contribution is 7.10. The van der Waals surface area contributed by atoms with Gasteiger partial charge in [0.15, 0.2) is 0 Å². The van der Waals surface area contributed by atoms with Gasteiger partial charge in [-0.15, -0.1) is 11.3 Å². The molecule has 110 valence electrons. The van der Waals surface area contributed by atoms with E-state index in [9.17, 15) is 0 Å². The number of nitrogens with zero attached hydrogens (tertiary/aromatic N) is 2. The van der Waals surface area contributed by atoms with Crippen molar-refractivity contribution in [1.29, 1.82) is 0 Å². The van der Waals surface area contributed by atoms with Crippen LogP contribution in [0.4, 0.5) is 0 Å². The molecule has 2 unspecified atom stereocenters. The molecule has 2 heterocycles. The summed E-state index contributed by atoms with van der Waals surface area (Å²) < 4.78 is 1.98. The molecule has 2 aromatic rings. The predicted molar refractivity (Wildman–Crippen MR) is 86.2 cm³/mol. The molecule has 0 saturated heterocycles. The summed E-state index contributed by atoms with van der Waals surface area (Å²) in [6.45, 7) is 8.73. The molecule has 0 bridgehead atoms. The fourth-order valence-corrected chi connectivity index (χ4v) is 3.71. The minimum absolute atomic E-state index is 0.322. The molecule has 0 fully saturated rings. The van der Waals surface area contributed by atoms with Crippen molar-refractivity contribution in [3.8, 4) is 0 Å². The highest BCUT2D eigenvalue weighted by Gasteiger charge is 2.20. The van der Waals surface area contributed by atoms with Gasteiger partial charge >= 0.3 is 0 Å². The summed E-state index contributed by atoms with van der Waals surface area (Å²) in [7, 11) is 2.02. The van der Waals surface area contributed by atoms with Crippen molar-refractivity contribution < 1.29 is 0 Å². The molecule has 2 atom stereocenters. The summed E-state index contributed by atoms with van der Waals surface area (Å²) in [4.78, 5) is 1.43. The molecule has 1 N–H and O–H groups in total. The van der Waals surface area contributed by atoms with Gasteiger partial charge in [-0.2, -0.15) is 5.10 Å². The lowest BCUT2D eigenvalue weighted by atomic mass is 10.0. The number of aryl methyl sites for hydroxylation is 2. The Balaban J connectivity index is 2.18. The van der Waals surface area contributed by atoms with Gasteiger partial charge in [0, 0.05) is 35.3 Å². The Morgan fingerprint density at radius 2 is 2.15 bits per heavy atom. The van der Waals surface area contributed by atoms with E-state index in [4.69, 9.17) is 0 Å². The van der Waals surface area contributed by atoms with Crippen LogP contribution < -0.4 is 5.32 Å². The van der Waals surface area contributed by atoms with Crippen LogP contribution in [0, 0.1) is 13.8 Å². The van der Waals surface area contributed by atoms with Crippen molar-refractivity contribution in [2.24, 2.45) is 7.05 Å². The van der Waals surface area contributed by atoms with E-state index < -0.39 is 0 Å². The maximum Gasteiger partial charge on any atom is 0.0644 e. The van der Waals surface area contributed by atoms with Crippen LogP contribution >= 0.6 is 11.3 Å². The van der Waals surface area contributed by atoms with Crippen LogP contribution in [-0.4, -0.2) is 9.78 Å². The summed E-state index contributed by atoms with van der Waals surface area (Å²) in [5.74, 6) is 0. The van der Waals surface area contributed by atoms with E-state index in [-0.39, 0.29) is 0 Å². The Labute approximate surface area is 126 Å². The average molecular weight is 291 g/mol. The van der Waals surface area contributed by atoms with Crippen molar-refractivity contribution in [1.82, 2.24) is 15.1 Å².